The molecule has 0 aliphatic heterocycles. The van der Waals surface area contributed by atoms with Crippen molar-refractivity contribution < 1.29 is 14.6 Å². The van der Waals surface area contributed by atoms with Gasteiger partial charge in [-0.05, 0) is 48.6 Å². The van der Waals surface area contributed by atoms with Gasteiger partial charge in [0.25, 0.3) is 0 Å². The molecule has 0 aliphatic rings. The summed E-state index contributed by atoms with van der Waals surface area (Å²) in [6.45, 7) is 0. The molecule has 0 saturated carbocycles. The van der Waals surface area contributed by atoms with E-state index in [9.17, 15) is 14.6 Å². The van der Waals surface area contributed by atoms with E-state index >= 15 is 0 Å². The Balaban J connectivity index is 2.02. The van der Waals surface area contributed by atoms with Gasteiger partial charge in [0.05, 0.1) is 6.21 Å². The summed E-state index contributed by atoms with van der Waals surface area (Å²) in [6, 6.07) is 10.2. The van der Waals surface area contributed by atoms with Gasteiger partial charge >= 0.3 is 0 Å². The van der Waals surface area contributed by atoms with Crippen LogP contribution in [0.2, 0.25) is 0 Å². The van der Waals surface area contributed by atoms with E-state index in [1.165, 1.54) is 29.1 Å². The molecule has 3 N–H and O–H groups in total. The molecule has 3 rings (SSSR count). The standard InChI is InChI=1S/C15H11FN4O2S/c16-11-6-4-9(5-7-11)14-18-19-15(23)20(14)17-8-10-2-1-3-12(21)13(10)22/h1-8,21-22H,(H,19,23)/b17-8+. The number of phenols is 2. The van der Waals surface area contributed by atoms with Crippen molar-refractivity contribution in [1.29, 1.82) is 0 Å². The number of para-hydroxylation sites is 1. The number of aromatic hydroxyl groups is 2. The lowest BCUT2D eigenvalue weighted by molar-refractivity contribution is 0.403. The molecule has 0 spiro atoms. The first-order valence-electron chi connectivity index (χ1n) is 6.55. The van der Waals surface area contributed by atoms with Crippen LogP contribution in [0.5, 0.6) is 11.5 Å². The van der Waals surface area contributed by atoms with E-state index in [2.05, 4.69) is 15.3 Å². The van der Waals surface area contributed by atoms with Crippen LogP contribution in [0.1, 0.15) is 5.56 Å². The van der Waals surface area contributed by atoms with Gasteiger partial charge in [-0.25, -0.2) is 9.49 Å². The van der Waals surface area contributed by atoms with Crippen LogP contribution >= 0.6 is 12.2 Å². The third-order valence-electron chi connectivity index (χ3n) is 3.11. The van der Waals surface area contributed by atoms with E-state index in [0.717, 1.165) is 0 Å². The van der Waals surface area contributed by atoms with Gasteiger partial charge < -0.3 is 10.2 Å². The molecule has 6 nitrogen and oxygen atoms in total. The second kappa shape index (κ2) is 6.01. The Hall–Kier alpha value is -3.00. The minimum absolute atomic E-state index is 0.236. The minimum atomic E-state index is -0.359. The first-order valence-corrected chi connectivity index (χ1v) is 6.96. The number of aromatic nitrogens is 3. The lowest BCUT2D eigenvalue weighted by Crippen LogP contribution is -1.95. The molecule has 0 fully saturated rings. The number of phenolic OH excluding ortho intramolecular Hbond substituents is 2. The summed E-state index contributed by atoms with van der Waals surface area (Å²) in [7, 11) is 0. The fraction of sp³-hybridized carbons (Fsp3) is 0. The fourth-order valence-electron chi connectivity index (χ4n) is 1.96. The number of nitrogens with one attached hydrogen (secondary N) is 1. The molecule has 0 bridgehead atoms. The molecule has 3 aromatic rings. The van der Waals surface area contributed by atoms with Gasteiger partial charge in [0, 0.05) is 11.1 Å². The number of halogens is 1. The SMILES string of the molecule is Oc1cccc(/C=N/n2c(-c3ccc(F)cc3)n[nH]c2=S)c1O. The maximum absolute atomic E-state index is 13.0. The molecule has 0 atom stereocenters. The number of nitrogens with zero attached hydrogens (tertiary/aromatic N) is 3. The van der Waals surface area contributed by atoms with Crippen molar-refractivity contribution in [3.63, 3.8) is 0 Å². The predicted octanol–water partition coefficient (Wildman–Crippen LogP) is 3.04. The van der Waals surface area contributed by atoms with Crippen molar-refractivity contribution >= 4 is 18.4 Å². The van der Waals surface area contributed by atoms with E-state index in [1.807, 2.05) is 0 Å². The zero-order chi connectivity index (χ0) is 16.4. The Morgan fingerprint density at radius 3 is 2.65 bits per heavy atom. The van der Waals surface area contributed by atoms with Gasteiger partial charge in [-0.15, -0.1) is 0 Å². The second-order valence-corrected chi connectivity index (χ2v) is 5.02. The van der Waals surface area contributed by atoms with Crippen LogP contribution in [0.15, 0.2) is 47.6 Å². The van der Waals surface area contributed by atoms with Crippen LogP contribution in [-0.4, -0.2) is 31.3 Å². The summed E-state index contributed by atoms with van der Waals surface area (Å²) < 4.78 is 14.6. The van der Waals surface area contributed by atoms with E-state index in [1.54, 1.807) is 24.3 Å². The Bertz CT molecular complexity index is 931. The number of H-pyrrole nitrogens is 1. The number of hydrogen-bond donors (Lipinski definition) is 3. The summed E-state index contributed by atoms with van der Waals surface area (Å²) in [6.07, 6.45) is 1.34. The monoisotopic (exact) mass is 330 g/mol. The summed E-state index contributed by atoms with van der Waals surface area (Å²) >= 11 is 5.12. The summed E-state index contributed by atoms with van der Waals surface area (Å²) in [5.74, 6) is -0.494. The average Bonchev–Trinajstić information content (AvgIpc) is 2.91. The highest BCUT2D eigenvalue weighted by Gasteiger charge is 2.09. The molecular weight excluding hydrogens is 319 g/mol. The van der Waals surface area contributed by atoms with Gasteiger partial charge in [0.15, 0.2) is 17.3 Å². The van der Waals surface area contributed by atoms with Gasteiger partial charge in [-0.3, -0.25) is 0 Å². The van der Waals surface area contributed by atoms with Crippen LogP contribution in [0.25, 0.3) is 11.4 Å². The second-order valence-electron chi connectivity index (χ2n) is 4.63. The van der Waals surface area contributed by atoms with E-state index in [-0.39, 0.29) is 22.1 Å². The van der Waals surface area contributed by atoms with Crippen molar-refractivity contribution in [1.82, 2.24) is 14.9 Å². The van der Waals surface area contributed by atoms with Gasteiger partial charge in [0.2, 0.25) is 4.77 Å². The first kappa shape index (κ1) is 14.9. The third-order valence-corrected chi connectivity index (χ3v) is 3.38. The number of rotatable bonds is 3. The Morgan fingerprint density at radius 1 is 1.17 bits per heavy atom. The van der Waals surface area contributed by atoms with Crippen LogP contribution in [-0.2, 0) is 0 Å². The van der Waals surface area contributed by atoms with Crippen molar-refractivity contribution in [2.24, 2.45) is 5.10 Å². The Labute approximate surface area is 135 Å². The summed E-state index contributed by atoms with van der Waals surface area (Å²) in [4.78, 5) is 0. The molecule has 0 radical (unpaired) electrons. The smallest absolute Gasteiger partial charge is 0.216 e. The number of hydrogen-bond acceptors (Lipinski definition) is 5. The highest BCUT2D eigenvalue weighted by atomic mass is 32.1. The topological polar surface area (TPSA) is 86.4 Å². The van der Waals surface area contributed by atoms with Crippen LogP contribution in [0.4, 0.5) is 4.39 Å². The lowest BCUT2D eigenvalue weighted by Gasteiger charge is -2.02. The van der Waals surface area contributed by atoms with Gasteiger partial charge in [0.1, 0.15) is 5.82 Å². The molecular formula is C15H11FN4O2S. The summed E-state index contributed by atoms with van der Waals surface area (Å²) in [5, 5.41) is 30.1. The maximum atomic E-state index is 13.0. The minimum Gasteiger partial charge on any atom is -0.504 e. The molecule has 0 amide bonds. The third kappa shape index (κ3) is 2.97. The molecule has 1 aromatic heterocycles. The number of aromatic amines is 1. The zero-order valence-corrected chi connectivity index (χ0v) is 12.5. The molecule has 0 aliphatic carbocycles. The highest BCUT2D eigenvalue weighted by molar-refractivity contribution is 7.71. The average molecular weight is 330 g/mol. The lowest BCUT2D eigenvalue weighted by atomic mass is 10.2. The predicted molar refractivity (Wildman–Crippen MR) is 85.6 cm³/mol. The van der Waals surface area contributed by atoms with E-state index in [0.29, 0.717) is 17.0 Å². The van der Waals surface area contributed by atoms with Crippen molar-refractivity contribution in [2.75, 3.05) is 0 Å². The molecule has 116 valence electrons. The van der Waals surface area contributed by atoms with E-state index < -0.39 is 0 Å². The molecule has 1 heterocycles. The first-order chi connectivity index (χ1) is 11.1. The normalized spacial score (nSPS) is 11.2. The number of benzene rings is 2. The molecule has 2 aromatic carbocycles. The van der Waals surface area contributed by atoms with Crippen LogP contribution in [0.3, 0.4) is 0 Å². The molecule has 0 unspecified atom stereocenters. The maximum Gasteiger partial charge on any atom is 0.216 e. The van der Waals surface area contributed by atoms with Crippen molar-refractivity contribution in [3.05, 3.63) is 58.6 Å². The highest BCUT2D eigenvalue weighted by Crippen LogP contribution is 2.27. The Kier molecular flexibility index (Phi) is 3.90. The molecule has 0 saturated heterocycles. The van der Waals surface area contributed by atoms with Gasteiger partial charge in [-0.1, -0.05) is 6.07 Å². The molecule has 23 heavy (non-hydrogen) atoms. The largest absolute Gasteiger partial charge is 0.504 e. The van der Waals surface area contributed by atoms with Crippen LogP contribution < -0.4 is 0 Å². The van der Waals surface area contributed by atoms with Gasteiger partial charge in [-0.2, -0.15) is 14.9 Å². The summed E-state index contributed by atoms with van der Waals surface area (Å²) in [5.41, 5.74) is 0.939. The van der Waals surface area contributed by atoms with E-state index in [4.69, 9.17) is 12.2 Å². The van der Waals surface area contributed by atoms with Crippen molar-refractivity contribution in [3.8, 4) is 22.9 Å². The van der Waals surface area contributed by atoms with Crippen molar-refractivity contribution in [2.45, 2.75) is 0 Å². The quantitative estimate of drug-likeness (QED) is 0.391. The Morgan fingerprint density at radius 2 is 1.91 bits per heavy atom. The molecule has 8 heteroatoms. The fourth-order valence-corrected chi connectivity index (χ4v) is 2.14. The zero-order valence-electron chi connectivity index (χ0n) is 11.6. The van der Waals surface area contributed by atoms with Crippen LogP contribution in [0, 0.1) is 10.6 Å².